The van der Waals surface area contributed by atoms with Gasteiger partial charge in [0.05, 0.1) is 6.10 Å². The summed E-state index contributed by atoms with van der Waals surface area (Å²) in [5.41, 5.74) is 0.573. The van der Waals surface area contributed by atoms with Crippen molar-refractivity contribution < 1.29 is 14.6 Å². The molecule has 1 aromatic rings. The van der Waals surface area contributed by atoms with Crippen LogP contribution in [0.5, 0.6) is 5.75 Å². The lowest BCUT2D eigenvalue weighted by Gasteiger charge is -2.20. The molecule has 0 radical (unpaired) electrons. The SMILES string of the molecule is CCCC(C)NC(=O)C(C)Oc1ccc(Cl)cc1C(C)O. The van der Waals surface area contributed by atoms with Crippen LogP contribution in [0.25, 0.3) is 0 Å². The maximum absolute atomic E-state index is 12.1. The lowest BCUT2D eigenvalue weighted by molar-refractivity contribution is -0.128. The van der Waals surface area contributed by atoms with Gasteiger partial charge in [-0.25, -0.2) is 0 Å². The van der Waals surface area contributed by atoms with Crippen LogP contribution in [0.3, 0.4) is 0 Å². The summed E-state index contributed by atoms with van der Waals surface area (Å²) in [7, 11) is 0. The van der Waals surface area contributed by atoms with Gasteiger partial charge in [0, 0.05) is 16.6 Å². The number of carbonyl (C=O) groups excluding carboxylic acids is 1. The van der Waals surface area contributed by atoms with Crippen molar-refractivity contribution in [1.82, 2.24) is 5.32 Å². The molecule has 3 atom stereocenters. The normalized spacial score (nSPS) is 15.1. The van der Waals surface area contributed by atoms with Crippen LogP contribution in [0.4, 0.5) is 0 Å². The molecule has 0 heterocycles. The summed E-state index contributed by atoms with van der Waals surface area (Å²) < 4.78 is 5.67. The molecule has 5 heteroatoms. The first kappa shape index (κ1) is 17.8. The number of hydrogen-bond acceptors (Lipinski definition) is 3. The van der Waals surface area contributed by atoms with Crippen molar-refractivity contribution in [2.24, 2.45) is 0 Å². The lowest BCUT2D eigenvalue weighted by atomic mass is 10.1. The van der Waals surface area contributed by atoms with E-state index in [0.29, 0.717) is 16.3 Å². The van der Waals surface area contributed by atoms with E-state index < -0.39 is 12.2 Å². The number of hydrogen-bond donors (Lipinski definition) is 2. The highest BCUT2D eigenvalue weighted by Crippen LogP contribution is 2.29. The van der Waals surface area contributed by atoms with E-state index in [4.69, 9.17) is 16.3 Å². The van der Waals surface area contributed by atoms with E-state index in [-0.39, 0.29) is 11.9 Å². The Kier molecular flexibility index (Phi) is 6.99. The molecule has 0 aliphatic rings. The maximum Gasteiger partial charge on any atom is 0.260 e. The fraction of sp³-hybridized carbons (Fsp3) is 0.562. The molecule has 4 nitrogen and oxygen atoms in total. The van der Waals surface area contributed by atoms with E-state index in [1.54, 1.807) is 32.0 Å². The number of ether oxygens (including phenoxy) is 1. The van der Waals surface area contributed by atoms with Gasteiger partial charge in [0.15, 0.2) is 6.10 Å². The molecule has 0 saturated heterocycles. The van der Waals surface area contributed by atoms with Gasteiger partial charge in [0.25, 0.3) is 5.91 Å². The molecule has 0 bridgehead atoms. The zero-order chi connectivity index (χ0) is 16.0. The number of benzene rings is 1. The third-order valence-electron chi connectivity index (χ3n) is 3.21. The van der Waals surface area contributed by atoms with E-state index in [1.165, 1.54) is 0 Å². The molecule has 0 saturated carbocycles. The third kappa shape index (κ3) is 5.56. The van der Waals surface area contributed by atoms with Crippen LogP contribution in [0.15, 0.2) is 18.2 Å². The van der Waals surface area contributed by atoms with Gasteiger partial charge in [-0.05, 0) is 45.4 Å². The predicted molar refractivity (Wildman–Crippen MR) is 84.7 cm³/mol. The van der Waals surface area contributed by atoms with Gasteiger partial charge in [-0.2, -0.15) is 0 Å². The van der Waals surface area contributed by atoms with Gasteiger partial charge in [-0.15, -0.1) is 0 Å². The number of nitrogens with one attached hydrogen (secondary N) is 1. The summed E-state index contributed by atoms with van der Waals surface area (Å²) in [4.78, 5) is 12.1. The lowest BCUT2D eigenvalue weighted by Crippen LogP contribution is -2.41. The van der Waals surface area contributed by atoms with Crippen molar-refractivity contribution in [3.05, 3.63) is 28.8 Å². The Morgan fingerprint density at radius 2 is 2.05 bits per heavy atom. The van der Waals surface area contributed by atoms with E-state index in [2.05, 4.69) is 12.2 Å². The number of halogens is 1. The first-order valence-electron chi connectivity index (χ1n) is 7.29. The summed E-state index contributed by atoms with van der Waals surface area (Å²) in [6.07, 6.45) is 0.592. The monoisotopic (exact) mass is 313 g/mol. The molecular weight excluding hydrogens is 290 g/mol. The molecule has 1 aromatic carbocycles. The van der Waals surface area contributed by atoms with Gasteiger partial charge in [0.2, 0.25) is 0 Å². The fourth-order valence-corrected chi connectivity index (χ4v) is 2.24. The quantitative estimate of drug-likeness (QED) is 0.810. The summed E-state index contributed by atoms with van der Waals surface area (Å²) in [5.74, 6) is 0.308. The number of aliphatic hydroxyl groups excluding tert-OH is 1. The highest BCUT2D eigenvalue weighted by molar-refractivity contribution is 6.30. The van der Waals surface area contributed by atoms with Gasteiger partial charge in [-0.1, -0.05) is 24.9 Å². The maximum atomic E-state index is 12.1. The predicted octanol–water partition coefficient (Wildman–Crippen LogP) is 3.47. The van der Waals surface area contributed by atoms with Gasteiger partial charge < -0.3 is 15.2 Å². The molecule has 0 fully saturated rings. The average Bonchev–Trinajstić information content (AvgIpc) is 2.40. The third-order valence-corrected chi connectivity index (χ3v) is 3.44. The molecule has 3 unspecified atom stereocenters. The molecule has 0 aliphatic heterocycles. The van der Waals surface area contributed by atoms with Gasteiger partial charge >= 0.3 is 0 Å². The Labute approximate surface area is 131 Å². The zero-order valence-corrected chi connectivity index (χ0v) is 13.8. The molecule has 1 rings (SSSR count). The number of amides is 1. The van der Waals surface area contributed by atoms with Crippen molar-refractivity contribution in [2.75, 3.05) is 0 Å². The Morgan fingerprint density at radius 3 is 2.62 bits per heavy atom. The zero-order valence-electron chi connectivity index (χ0n) is 13.0. The molecule has 0 spiro atoms. The van der Waals surface area contributed by atoms with E-state index >= 15 is 0 Å². The molecule has 118 valence electrons. The molecule has 2 N–H and O–H groups in total. The number of aliphatic hydroxyl groups is 1. The van der Waals surface area contributed by atoms with Crippen LogP contribution in [0.2, 0.25) is 5.02 Å². The van der Waals surface area contributed by atoms with Crippen molar-refractivity contribution in [2.45, 2.75) is 58.8 Å². The van der Waals surface area contributed by atoms with Gasteiger partial charge in [-0.3, -0.25) is 4.79 Å². The first-order valence-corrected chi connectivity index (χ1v) is 7.67. The minimum Gasteiger partial charge on any atom is -0.481 e. The van der Waals surface area contributed by atoms with Crippen molar-refractivity contribution in [1.29, 1.82) is 0 Å². The van der Waals surface area contributed by atoms with Crippen LogP contribution >= 0.6 is 11.6 Å². The summed E-state index contributed by atoms with van der Waals surface area (Å²) in [6.45, 7) is 7.36. The van der Waals surface area contributed by atoms with Crippen LogP contribution in [0.1, 0.15) is 52.2 Å². The average molecular weight is 314 g/mol. The summed E-state index contributed by atoms with van der Waals surface area (Å²) in [6, 6.07) is 5.11. The van der Waals surface area contributed by atoms with Crippen LogP contribution in [-0.2, 0) is 4.79 Å². The van der Waals surface area contributed by atoms with Crippen LogP contribution in [0, 0.1) is 0 Å². The summed E-state index contributed by atoms with van der Waals surface area (Å²) >= 11 is 5.92. The first-order chi connectivity index (χ1) is 9.85. The van der Waals surface area contributed by atoms with Crippen molar-refractivity contribution in [3.63, 3.8) is 0 Å². The molecule has 1 amide bonds. The second-order valence-corrected chi connectivity index (χ2v) is 5.75. The Bertz CT molecular complexity index is 477. The molecule has 0 aromatic heterocycles. The van der Waals surface area contributed by atoms with E-state index in [9.17, 15) is 9.90 Å². The van der Waals surface area contributed by atoms with Crippen molar-refractivity contribution >= 4 is 17.5 Å². The Hall–Kier alpha value is -1.26. The molecule has 21 heavy (non-hydrogen) atoms. The number of rotatable bonds is 7. The van der Waals surface area contributed by atoms with Crippen LogP contribution in [-0.4, -0.2) is 23.2 Å². The second kappa shape index (κ2) is 8.25. The fourth-order valence-electron chi connectivity index (χ4n) is 2.06. The topological polar surface area (TPSA) is 58.6 Å². The molecule has 0 aliphatic carbocycles. The van der Waals surface area contributed by atoms with Gasteiger partial charge in [0.1, 0.15) is 5.75 Å². The van der Waals surface area contributed by atoms with E-state index in [1.807, 2.05) is 6.92 Å². The van der Waals surface area contributed by atoms with Crippen molar-refractivity contribution in [3.8, 4) is 5.75 Å². The summed E-state index contributed by atoms with van der Waals surface area (Å²) in [5, 5.41) is 13.2. The highest BCUT2D eigenvalue weighted by atomic mass is 35.5. The smallest absolute Gasteiger partial charge is 0.260 e. The Balaban J connectivity index is 2.74. The highest BCUT2D eigenvalue weighted by Gasteiger charge is 2.19. The largest absolute Gasteiger partial charge is 0.481 e. The number of carbonyl (C=O) groups is 1. The minimum absolute atomic E-state index is 0.120. The van der Waals surface area contributed by atoms with E-state index in [0.717, 1.165) is 12.8 Å². The Morgan fingerprint density at radius 1 is 1.38 bits per heavy atom. The van der Waals surface area contributed by atoms with Crippen LogP contribution < -0.4 is 10.1 Å². The minimum atomic E-state index is -0.715. The second-order valence-electron chi connectivity index (χ2n) is 5.32. The molecular formula is C16H24ClNO3. The standard InChI is InChI=1S/C16H24ClNO3/c1-5-6-10(2)18-16(20)12(4)21-15-8-7-13(17)9-14(15)11(3)19/h7-12,19H,5-6H2,1-4H3,(H,18,20).